The van der Waals surface area contributed by atoms with Gasteiger partial charge in [0.1, 0.15) is 11.4 Å². The summed E-state index contributed by atoms with van der Waals surface area (Å²) in [7, 11) is 5.41. The fourth-order valence-electron chi connectivity index (χ4n) is 3.29. The Kier molecular flexibility index (Phi) is 5.81. The van der Waals surface area contributed by atoms with Crippen LogP contribution in [0.3, 0.4) is 0 Å². The summed E-state index contributed by atoms with van der Waals surface area (Å²) in [5.74, 6) is 0.817. The van der Waals surface area contributed by atoms with E-state index in [9.17, 15) is 4.79 Å². The third-order valence-electron chi connectivity index (χ3n) is 4.77. The van der Waals surface area contributed by atoms with E-state index in [0.717, 1.165) is 30.7 Å². The summed E-state index contributed by atoms with van der Waals surface area (Å²) < 4.78 is 6.05. The van der Waals surface area contributed by atoms with Crippen LogP contribution in [0.2, 0.25) is 0 Å². The van der Waals surface area contributed by atoms with E-state index in [-0.39, 0.29) is 11.9 Å². The van der Waals surface area contributed by atoms with Crippen molar-refractivity contribution in [1.29, 1.82) is 0 Å². The number of anilines is 1. The van der Waals surface area contributed by atoms with E-state index in [0.29, 0.717) is 23.3 Å². The standard InChI is InChI=1S/C17H26BrN5O2/c1-19-15-14(18)8-13(17(21-15)25-3)16(24)20-11-9-22(2)6-7-23(10-11)12-4-5-12/h8,11-12H,4-7,9-10H2,1-3H3,(H,19,21)(H,20,24). The molecular weight excluding hydrogens is 386 g/mol. The number of likely N-dealkylation sites (N-methyl/N-ethyl adjacent to an activating group) is 1. The highest BCUT2D eigenvalue weighted by molar-refractivity contribution is 9.10. The van der Waals surface area contributed by atoms with Crippen LogP contribution >= 0.6 is 15.9 Å². The monoisotopic (exact) mass is 411 g/mol. The van der Waals surface area contributed by atoms with Crippen LogP contribution in [-0.2, 0) is 0 Å². The number of nitrogens with zero attached hydrogens (tertiary/aromatic N) is 3. The van der Waals surface area contributed by atoms with Gasteiger partial charge in [0.25, 0.3) is 5.91 Å². The molecule has 138 valence electrons. The van der Waals surface area contributed by atoms with Gasteiger partial charge in [-0.2, -0.15) is 4.98 Å². The Labute approximate surface area is 157 Å². The molecule has 1 aliphatic carbocycles. The quantitative estimate of drug-likeness (QED) is 0.762. The average Bonchev–Trinajstić information content (AvgIpc) is 3.42. The predicted molar refractivity (Wildman–Crippen MR) is 101 cm³/mol. The second-order valence-corrected chi connectivity index (χ2v) is 7.64. The lowest BCUT2D eigenvalue weighted by Crippen LogP contribution is -2.46. The lowest BCUT2D eigenvalue weighted by Gasteiger charge is -2.25. The van der Waals surface area contributed by atoms with Gasteiger partial charge in [-0.3, -0.25) is 9.69 Å². The van der Waals surface area contributed by atoms with Gasteiger partial charge in [0, 0.05) is 39.3 Å². The maximum absolute atomic E-state index is 12.8. The van der Waals surface area contributed by atoms with Gasteiger partial charge < -0.3 is 20.3 Å². The van der Waals surface area contributed by atoms with Crippen molar-refractivity contribution in [3.63, 3.8) is 0 Å². The Morgan fingerprint density at radius 2 is 2.12 bits per heavy atom. The molecule has 3 rings (SSSR count). The molecule has 1 atom stereocenters. The largest absolute Gasteiger partial charge is 0.480 e. The molecule has 1 aromatic heterocycles. The maximum Gasteiger partial charge on any atom is 0.257 e. The minimum Gasteiger partial charge on any atom is -0.480 e. The number of hydrogen-bond acceptors (Lipinski definition) is 6. The van der Waals surface area contributed by atoms with Crippen LogP contribution in [0, 0.1) is 0 Å². The normalized spacial score (nSPS) is 22.3. The molecule has 2 aliphatic rings. The topological polar surface area (TPSA) is 69.7 Å². The molecule has 1 saturated carbocycles. The molecule has 0 spiro atoms. The molecule has 2 N–H and O–H groups in total. The first-order valence-electron chi connectivity index (χ1n) is 8.67. The first-order chi connectivity index (χ1) is 12.0. The van der Waals surface area contributed by atoms with Crippen molar-refractivity contribution < 1.29 is 9.53 Å². The van der Waals surface area contributed by atoms with Crippen LogP contribution in [0.4, 0.5) is 5.82 Å². The molecule has 1 aromatic rings. The molecule has 0 radical (unpaired) electrons. The fraction of sp³-hybridized carbons (Fsp3) is 0.647. The molecule has 1 amide bonds. The molecule has 8 heteroatoms. The van der Waals surface area contributed by atoms with Crippen LogP contribution < -0.4 is 15.4 Å². The number of carbonyl (C=O) groups is 1. The van der Waals surface area contributed by atoms with Crippen molar-refractivity contribution in [2.45, 2.75) is 24.9 Å². The van der Waals surface area contributed by atoms with Gasteiger partial charge in [-0.1, -0.05) is 0 Å². The molecule has 1 unspecified atom stereocenters. The lowest BCUT2D eigenvalue weighted by atomic mass is 10.2. The molecular formula is C17H26BrN5O2. The summed E-state index contributed by atoms with van der Waals surface area (Å²) in [6.07, 6.45) is 2.56. The zero-order valence-electron chi connectivity index (χ0n) is 15.0. The van der Waals surface area contributed by atoms with Crippen LogP contribution in [0.15, 0.2) is 10.5 Å². The second kappa shape index (κ2) is 7.88. The van der Waals surface area contributed by atoms with E-state index < -0.39 is 0 Å². The Morgan fingerprint density at radius 1 is 1.36 bits per heavy atom. The summed E-state index contributed by atoms with van der Waals surface area (Å²) >= 11 is 3.45. The molecule has 1 aliphatic heterocycles. The van der Waals surface area contributed by atoms with Crippen LogP contribution in [-0.4, -0.2) is 80.2 Å². The highest BCUT2D eigenvalue weighted by Crippen LogP contribution is 2.29. The van der Waals surface area contributed by atoms with Gasteiger partial charge in [0.15, 0.2) is 0 Å². The first kappa shape index (κ1) is 18.4. The second-order valence-electron chi connectivity index (χ2n) is 6.78. The zero-order chi connectivity index (χ0) is 18.0. The van der Waals surface area contributed by atoms with Crippen molar-refractivity contribution in [2.75, 3.05) is 52.7 Å². The minimum absolute atomic E-state index is 0.0908. The van der Waals surface area contributed by atoms with Gasteiger partial charge in [-0.05, 0) is 41.9 Å². The summed E-state index contributed by atoms with van der Waals surface area (Å²) in [6, 6.07) is 2.55. The van der Waals surface area contributed by atoms with E-state index >= 15 is 0 Å². The highest BCUT2D eigenvalue weighted by Gasteiger charge is 2.33. The van der Waals surface area contributed by atoms with Crippen LogP contribution in [0.5, 0.6) is 5.88 Å². The minimum atomic E-state index is -0.149. The van der Waals surface area contributed by atoms with Gasteiger partial charge in [-0.25, -0.2) is 0 Å². The highest BCUT2D eigenvalue weighted by atomic mass is 79.9. The molecule has 0 aromatic carbocycles. The Bertz CT molecular complexity index is 638. The third kappa shape index (κ3) is 4.43. The average molecular weight is 412 g/mol. The Morgan fingerprint density at radius 3 is 2.76 bits per heavy atom. The van der Waals surface area contributed by atoms with E-state index in [2.05, 4.69) is 48.4 Å². The number of rotatable bonds is 5. The van der Waals surface area contributed by atoms with Crippen molar-refractivity contribution in [1.82, 2.24) is 20.1 Å². The van der Waals surface area contributed by atoms with E-state index in [1.165, 1.54) is 20.0 Å². The fourth-order valence-corrected chi connectivity index (χ4v) is 3.81. The van der Waals surface area contributed by atoms with Gasteiger partial charge in [0.2, 0.25) is 5.88 Å². The predicted octanol–water partition coefficient (Wildman–Crippen LogP) is 1.40. The summed E-state index contributed by atoms with van der Waals surface area (Å²) in [5.41, 5.74) is 0.443. The van der Waals surface area contributed by atoms with E-state index in [4.69, 9.17) is 4.74 Å². The van der Waals surface area contributed by atoms with Gasteiger partial charge in [-0.15, -0.1) is 0 Å². The Hall–Kier alpha value is -1.38. The molecule has 7 nitrogen and oxygen atoms in total. The molecule has 25 heavy (non-hydrogen) atoms. The summed E-state index contributed by atoms with van der Waals surface area (Å²) in [4.78, 5) is 22.0. The van der Waals surface area contributed by atoms with E-state index in [1.807, 2.05) is 0 Å². The lowest BCUT2D eigenvalue weighted by molar-refractivity contribution is 0.0920. The zero-order valence-corrected chi connectivity index (χ0v) is 16.6. The van der Waals surface area contributed by atoms with Gasteiger partial charge >= 0.3 is 0 Å². The number of halogens is 1. The smallest absolute Gasteiger partial charge is 0.257 e. The number of hydrogen-bond donors (Lipinski definition) is 2. The van der Waals surface area contributed by atoms with Crippen molar-refractivity contribution in [3.05, 3.63) is 16.1 Å². The van der Waals surface area contributed by atoms with Crippen molar-refractivity contribution in [2.24, 2.45) is 0 Å². The number of amides is 1. The van der Waals surface area contributed by atoms with Gasteiger partial charge in [0.05, 0.1) is 17.6 Å². The summed E-state index contributed by atoms with van der Waals surface area (Å²) in [6.45, 7) is 3.85. The van der Waals surface area contributed by atoms with Crippen LogP contribution in [0.1, 0.15) is 23.2 Å². The number of methoxy groups -OCH3 is 1. The third-order valence-corrected chi connectivity index (χ3v) is 5.37. The number of ether oxygens (including phenoxy) is 1. The molecule has 2 fully saturated rings. The number of pyridine rings is 1. The molecule has 0 bridgehead atoms. The first-order valence-corrected chi connectivity index (χ1v) is 9.47. The molecule has 1 saturated heterocycles. The maximum atomic E-state index is 12.8. The number of aromatic nitrogens is 1. The number of nitrogens with one attached hydrogen (secondary N) is 2. The Balaban J connectivity index is 1.75. The molecule has 2 heterocycles. The number of carbonyl (C=O) groups excluding carboxylic acids is 1. The van der Waals surface area contributed by atoms with E-state index in [1.54, 1.807) is 13.1 Å². The van der Waals surface area contributed by atoms with Crippen LogP contribution in [0.25, 0.3) is 0 Å². The van der Waals surface area contributed by atoms with Crippen molar-refractivity contribution in [3.8, 4) is 5.88 Å². The SMILES string of the molecule is CNc1nc(OC)c(C(=O)NC2CN(C)CCN(C3CC3)C2)cc1Br. The summed E-state index contributed by atoms with van der Waals surface area (Å²) in [5, 5.41) is 6.15. The van der Waals surface area contributed by atoms with Crippen molar-refractivity contribution >= 4 is 27.7 Å².